The van der Waals surface area contributed by atoms with Gasteiger partial charge in [0.15, 0.2) is 0 Å². The van der Waals surface area contributed by atoms with Gasteiger partial charge in [-0.25, -0.2) is 12.8 Å². The molecule has 108 valence electrons. The summed E-state index contributed by atoms with van der Waals surface area (Å²) >= 11 is 0. The van der Waals surface area contributed by atoms with Crippen molar-refractivity contribution in [3.8, 4) is 11.8 Å². The fourth-order valence-corrected chi connectivity index (χ4v) is 4.19. The third kappa shape index (κ3) is 2.85. The van der Waals surface area contributed by atoms with Gasteiger partial charge in [0.2, 0.25) is 10.0 Å². The lowest BCUT2D eigenvalue weighted by Crippen LogP contribution is -2.34. The van der Waals surface area contributed by atoms with Gasteiger partial charge in [-0.15, -0.1) is 0 Å². The van der Waals surface area contributed by atoms with E-state index in [9.17, 15) is 12.8 Å². The number of rotatable bonds is 2. The Morgan fingerprint density at radius 1 is 1.50 bits per heavy atom. The van der Waals surface area contributed by atoms with Crippen LogP contribution in [0.5, 0.6) is 0 Å². The van der Waals surface area contributed by atoms with Crippen LogP contribution >= 0.6 is 0 Å². The summed E-state index contributed by atoms with van der Waals surface area (Å²) in [6.07, 6.45) is 1.68. The first kappa shape index (κ1) is 15.0. The average molecular weight is 296 g/mol. The summed E-state index contributed by atoms with van der Waals surface area (Å²) in [6, 6.07) is 3.51. The van der Waals surface area contributed by atoms with Crippen molar-refractivity contribution in [1.82, 2.24) is 4.31 Å². The number of nitrogens with two attached hydrogens (primary N) is 1. The van der Waals surface area contributed by atoms with Gasteiger partial charge in [-0.3, -0.25) is 0 Å². The predicted octanol–water partition coefficient (Wildman–Crippen LogP) is 1.31. The molecule has 0 aromatic heterocycles. The van der Waals surface area contributed by atoms with Crippen LogP contribution in [0.25, 0.3) is 0 Å². The molecule has 0 radical (unpaired) electrons. The Morgan fingerprint density at radius 2 is 2.25 bits per heavy atom. The van der Waals surface area contributed by atoms with Crippen molar-refractivity contribution in [2.45, 2.75) is 30.7 Å². The molecule has 1 aliphatic rings. The number of hydrogen-bond donors (Lipinski definition) is 1. The Labute approximate surface area is 118 Å². The van der Waals surface area contributed by atoms with Crippen LogP contribution in [0.4, 0.5) is 4.39 Å². The van der Waals surface area contributed by atoms with Gasteiger partial charge in [0.05, 0.1) is 11.4 Å². The van der Waals surface area contributed by atoms with Crippen LogP contribution in [0.15, 0.2) is 23.1 Å². The molecule has 1 aromatic rings. The van der Waals surface area contributed by atoms with E-state index in [1.807, 2.05) is 6.92 Å². The molecule has 1 saturated heterocycles. The maximum atomic E-state index is 13.3. The molecule has 4 nitrogen and oxygen atoms in total. The molecule has 1 heterocycles. The molecule has 1 unspecified atom stereocenters. The maximum absolute atomic E-state index is 13.3. The number of hydrogen-bond acceptors (Lipinski definition) is 3. The molecule has 1 fully saturated rings. The highest BCUT2D eigenvalue weighted by Crippen LogP contribution is 2.27. The Hall–Kier alpha value is -1.42. The van der Waals surface area contributed by atoms with E-state index in [0.29, 0.717) is 6.54 Å². The van der Waals surface area contributed by atoms with E-state index in [0.717, 1.165) is 25.0 Å². The highest BCUT2D eigenvalue weighted by Gasteiger charge is 2.33. The van der Waals surface area contributed by atoms with E-state index in [4.69, 9.17) is 5.73 Å². The predicted molar refractivity (Wildman–Crippen MR) is 74.9 cm³/mol. The van der Waals surface area contributed by atoms with Crippen molar-refractivity contribution in [2.75, 3.05) is 13.1 Å². The van der Waals surface area contributed by atoms with Gasteiger partial charge in [-0.2, -0.15) is 4.31 Å². The lowest BCUT2D eigenvalue weighted by Gasteiger charge is -2.21. The molecule has 0 bridgehead atoms. The molecule has 0 aliphatic carbocycles. The van der Waals surface area contributed by atoms with Crippen LogP contribution < -0.4 is 5.73 Å². The molecule has 0 amide bonds. The summed E-state index contributed by atoms with van der Waals surface area (Å²) < 4.78 is 40.1. The summed E-state index contributed by atoms with van der Waals surface area (Å²) in [5.41, 5.74) is 5.45. The normalized spacial score (nSPS) is 19.6. The lowest BCUT2D eigenvalue weighted by molar-refractivity contribution is 0.408. The van der Waals surface area contributed by atoms with Crippen LogP contribution in [-0.4, -0.2) is 31.9 Å². The Balaban J connectivity index is 2.51. The largest absolute Gasteiger partial charge is 0.320 e. The van der Waals surface area contributed by atoms with E-state index in [-0.39, 0.29) is 23.0 Å². The molecule has 0 spiro atoms. The zero-order valence-electron chi connectivity index (χ0n) is 11.3. The molecule has 1 aromatic carbocycles. The minimum absolute atomic E-state index is 0.0413. The van der Waals surface area contributed by atoms with E-state index in [1.165, 1.54) is 10.4 Å². The van der Waals surface area contributed by atoms with E-state index < -0.39 is 15.8 Å². The standard InChI is InChI=1S/C14H17FN2O2S/c1-11-4-3-9-17(11)20(18,19)14-7-6-13(15)10-12(14)5-2-8-16/h6-7,10-11H,3-4,8-9,16H2,1H3. The quantitative estimate of drug-likeness (QED) is 0.837. The van der Waals surface area contributed by atoms with Crippen LogP contribution in [0.2, 0.25) is 0 Å². The van der Waals surface area contributed by atoms with Crippen LogP contribution in [0.1, 0.15) is 25.3 Å². The van der Waals surface area contributed by atoms with Crippen LogP contribution in [0, 0.1) is 17.7 Å². The van der Waals surface area contributed by atoms with Gasteiger partial charge in [0, 0.05) is 18.2 Å². The molecule has 2 rings (SSSR count). The van der Waals surface area contributed by atoms with Crippen molar-refractivity contribution in [1.29, 1.82) is 0 Å². The van der Waals surface area contributed by atoms with Crippen molar-refractivity contribution in [3.05, 3.63) is 29.6 Å². The smallest absolute Gasteiger partial charge is 0.244 e. The number of halogens is 1. The van der Waals surface area contributed by atoms with Gasteiger partial charge in [0.1, 0.15) is 5.82 Å². The summed E-state index contributed by atoms with van der Waals surface area (Å²) in [6.45, 7) is 2.46. The van der Waals surface area contributed by atoms with Crippen molar-refractivity contribution in [3.63, 3.8) is 0 Å². The van der Waals surface area contributed by atoms with Crippen LogP contribution in [-0.2, 0) is 10.0 Å². The SMILES string of the molecule is CC1CCCN1S(=O)(=O)c1ccc(F)cc1C#CCN. The topological polar surface area (TPSA) is 63.4 Å². The minimum Gasteiger partial charge on any atom is -0.320 e. The number of sulfonamides is 1. The summed E-state index contributed by atoms with van der Waals surface area (Å²) in [4.78, 5) is 0.0496. The van der Waals surface area contributed by atoms with E-state index in [2.05, 4.69) is 11.8 Å². The molecule has 2 N–H and O–H groups in total. The fraction of sp³-hybridized carbons (Fsp3) is 0.429. The second-order valence-electron chi connectivity index (χ2n) is 4.75. The van der Waals surface area contributed by atoms with Crippen molar-refractivity contribution in [2.24, 2.45) is 5.73 Å². The molecule has 6 heteroatoms. The Bertz CT molecular complexity index is 661. The average Bonchev–Trinajstić information content (AvgIpc) is 2.83. The molecule has 0 saturated carbocycles. The highest BCUT2D eigenvalue weighted by atomic mass is 32.2. The Kier molecular flexibility index (Phi) is 4.43. The second kappa shape index (κ2) is 5.92. The third-order valence-corrected chi connectivity index (χ3v) is 5.42. The third-order valence-electron chi connectivity index (χ3n) is 3.35. The fourth-order valence-electron chi connectivity index (χ4n) is 2.36. The number of nitrogens with zero attached hydrogens (tertiary/aromatic N) is 1. The van der Waals surface area contributed by atoms with Gasteiger partial charge >= 0.3 is 0 Å². The minimum atomic E-state index is -3.64. The molecule has 1 aliphatic heterocycles. The van der Waals surface area contributed by atoms with Crippen molar-refractivity contribution < 1.29 is 12.8 Å². The first-order valence-corrected chi connectivity index (χ1v) is 7.91. The van der Waals surface area contributed by atoms with E-state index >= 15 is 0 Å². The molecule has 1 atom stereocenters. The number of benzene rings is 1. The first-order valence-electron chi connectivity index (χ1n) is 6.47. The zero-order chi connectivity index (χ0) is 14.8. The molecule has 20 heavy (non-hydrogen) atoms. The van der Waals surface area contributed by atoms with Crippen LogP contribution in [0.3, 0.4) is 0 Å². The monoisotopic (exact) mass is 296 g/mol. The highest BCUT2D eigenvalue weighted by molar-refractivity contribution is 7.89. The first-order chi connectivity index (χ1) is 9.46. The molecular weight excluding hydrogens is 279 g/mol. The lowest BCUT2D eigenvalue weighted by atomic mass is 10.2. The van der Waals surface area contributed by atoms with Gasteiger partial charge in [-0.1, -0.05) is 11.8 Å². The maximum Gasteiger partial charge on any atom is 0.244 e. The van der Waals surface area contributed by atoms with Gasteiger partial charge in [-0.05, 0) is 38.0 Å². The van der Waals surface area contributed by atoms with Crippen molar-refractivity contribution >= 4 is 10.0 Å². The zero-order valence-corrected chi connectivity index (χ0v) is 12.1. The van der Waals surface area contributed by atoms with E-state index in [1.54, 1.807) is 0 Å². The summed E-state index contributed by atoms with van der Waals surface area (Å²) in [5, 5.41) is 0. The summed E-state index contributed by atoms with van der Waals surface area (Å²) in [7, 11) is -3.64. The second-order valence-corrected chi connectivity index (χ2v) is 6.61. The Morgan fingerprint density at radius 3 is 2.85 bits per heavy atom. The summed E-state index contributed by atoms with van der Waals surface area (Å²) in [5.74, 6) is 4.70. The van der Waals surface area contributed by atoms with Gasteiger partial charge < -0.3 is 5.73 Å². The van der Waals surface area contributed by atoms with Gasteiger partial charge in [0.25, 0.3) is 0 Å². The molecular formula is C14H17FN2O2S.